The van der Waals surface area contributed by atoms with Crippen LogP contribution in [-0.2, 0) is 0 Å². The van der Waals surface area contributed by atoms with Gasteiger partial charge in [-0.2, -0.15) is 4.39 Å². The van der Waals surface area contributed by atoms with Crippen molar-refractivity contribution >= 4 is 33.2 Å². The van der Waals surface area contributed by atoms with Gasteiger partial charge in [-0.05, 0) is 15.9 Å². The van der Waals surface area contributed by atoms with E-state index in [0.29, 0.717) is 4.47 Å². The first kappa shape index (κ1) is 9.41. The molecule has 0 aliphatic rings. The highest BCUT2D eigenvalue weighted by molar-refractivity contribution is 9.10. The van der Waals surface area contributed by atoms with Gasteiger partial charge in [0.1, 0.15) is 0 Å². The molecule has 1 aromatic rings. The summed E-state index contributed by atoms with van der Waals surface area (Å²) in [6, 6.07) is 1.92. The van der Waals surface area contributed by atoms with Gasteiger partial charge in [0.2, 0.25) is 5.82 Å². The third kappa shape index (κ3) is 1.73. The molecule has 0 aliphatic carbocycles. The Labute approximate surface area is 80.4 Å². The summed E-state index contributed by atoms with van der Waals surface area (Å²) in [5, 5.41) is 10.3. The predicted molar refractivity (Wildman–Crippen MR) is 45.8 cm³/mol. The van der Waals surface area contributed by atoms with Crippen LogP contribution in [0.1, 0.15) is 0 Å². The number of benzene rings is 1. The van der Waals surface area contributed by atoms with Crippen molar-refractivity contribution in [3.05, 3.63) is 37.6 Å². The third-order valence-electron chi connectivity index (χ3n) is 1.19. The van der Waals surface area contributed by atoms with Crippen molar-refractivity contribution in [3.63, 3.8) is 0 Å². The maximum Gasteiger partial charge on any atom is 0.306 e. The van der Waals surface area contributed by atoms with E-state index in [1.807, 2.05) is 0 Å². The van der Waals surface area contributed by atoms with E-state index in [0.717, 1.165) is 12.1 Å². The summed E-state index contributed by atoms with van der Waals surface area (Å²) in [6.07, 6.45) is 0. The molecule has 0 heterocycles. The molecule has 1 aromatic carbocycles. The van der Waals surface area contributed by atoms with E-state index in [-0.39, 0.29) is 5.02 Å². The minimum absolute atomic E-state index is 0.109. The molecule has 0 saturated heterocycles. The normalized spacial score (nSPS) is 9.92. The molecule has 1 rings (SSSR count). The van der Waals surface area contributed by atoms with Crippen LogP contribution in [0.2, 0.25) is 5.02 Å². The van der Waals surface area contributed by atoms with Crippen LogP contribution in [-0.4, -0.2) is 4.92 Å². The lowest BCUT2D eigenvalue weighted by molar-refractivity contribution is -0.387. The van der Waals surface area contributed by atoms with E-state index >= 15 is 0 Å². The topological polar surface area (TPSA) is 43.1 Å². The van der Waals surface area contributed by atoms with Crippen molar-refractivity contribution in [3.8, 4) is 0 Å². The number of nitro groups is 1. The molecule has 0 saturated carbocycles. The average Bonchev–Trinajstić information content (AvgIpc) is 1.96. The molecular weight excluding hydrogens is 252 g/mol. The van der Waals surface area contributed by atoms with Gasteiger partial charge in [0, 0.05) is 16.6 Å². The standard InChI is InChI=1S/C6H2BrClFNO2/c7-3-1-6(10(11)12)5(9)2-4(3)8/h1-2H. The van der Waals surface area contributed by atoms with Gasteiger partial charge in [-0.15, -0.1) is 0 Å². The second kappa shape index (κ2) is 3.37. The van der Waals surface area contributed by atoms with Crippen molar-refractivity contribution < 1.29 is 9.31 Å². The first-order chi connectivity index (χ1) is 5.52. The first-order valence-corrected chi connectivity index (χ1v) is 3.98. The van der Waals surface area contributed by atoms with Gasteiger partial charge < -0.3 is 0 Å². The Morgan fingerprint density at radius 1 is 1.58 bits per heavy atom. The molecule has 0 bridgehead atoms. The highest BCUT2D eigenvalue weighted by Gasteiger charge is 2.15. The molecular formula is C6H2BrClFNO2. The summed E-state index contributed by atoms with van der Waals surface area (Å²) in [5.74, 6) is -0.937. The van der Waals surface area contributed by atoms with Crippen molar-refractivity contribution in [2.75, 3.05) is 0 Å². The molecule has 3 nitrogen and oxygen atoms in total. The fraction of sp³-hybridized carbons (Fsp3) is 0. The lowest BCUT2D eigenvalue weighted by atomic mass is 10.3. The molecule has 0 unspecified atom stereocenters. The quantitative estimate of drug-likeness (QED) is 0.439. The number of rotatable bonds is 1. The van der Waals surface area contributed by atoms with E-state index in [2.05, 4.69) is 15.9 Å². The first-order valence-electron chi connectivity index (χ1n) is 2.81. The average molecular weight is 254 g/mol. The SMILES string of the molecule is O=[N+]([O-])c1cc(Br)c(Cl)cc1F. The summed E-state index contributed by atoms with van der Waals surface area (Å²) in [7, 11) is 0. The number of hydrogen-bond donors (Lipinski definition) is 0. The van der Waals surface area contributed by atoms with Crippen molar-refractivity contribution in [2.45, 2.75) is 0 Å². The van der Waals surface area contributed by atoms with Crippen LogP contribution in [0.4, 0.5) is 10.1 Å². The molecule has 0 aliphatic heterocycles. The molecule has 0 atom stereocenters. The van der Waals surface area contributed by atoms with Crippen LogP contribution in [0.5, 0.6) is 0 Å². The van der Waals surface area contributed by atoms with Crippen LogP contribution in [0.25, 0.3) is 0 Å². The Balaban J connectivity index is 3.33. The number of nitrogens with zero attached hydrogens (tertiary/aromatic N) is 1. The zero-order chi connectivity index (χ0) is 9.30. The second-order valence-corrected chi connectivity index (χ2v) is 3.24. The van der Waals surface area contributed by atoms with E-state index < -0.39 is 16.4 Å². The number of hydrogen-bond acceptors (Lipinski definition) is 2. The molecule has 64 valence electrons. The maximum atomic E-state index is 12.7. The van der Waals surface area contributed by atoms with Crippen LogP contribution in [0.3, 0.4) is 0 Å². The molecule has 0 N–H and O–H groups in total. The lowest BCUT2D eigenvalue weighted by Crippen LogP contribution is -1.92. The van der Waals surface area contributed by atoms with E-state index in [4.69, 9.17) is 11.6 Å². The van der Waals surface area contributed by atoms with Gasteiger partial charge in [-0.3, -0.25) is 10.1 Å². The maximum absolute atomic E-state index is 12.7. The van der Waals surface area contributed by atoms with Gasteiger partial charge in [0.15, 0.2) is 0 Å². The van der Waals surface area contributed by atoms with E-state index in [9.17, 15) is 14.5 Å². The largest absolute Gasteiger partial charge is 0.306 e. The van der Waals surface area contributed by atoms with Gasteiger partial charge in [-0.25, -0.2) is 0 Å². The fourth-order valence-electron chi connectivity index (χ4n) is 0.652. The predicted octanol–water partition coefficient (Wildman–Crippen LogP) is 3.15. The van der Waals surface area contributed by atoms with E-state index in [1.54, 1.807) is 0 Å². The minimum Gasteiger partial charge on any atom is -0.258 e. The lowest BCUT2D eigenvalue weighted by Gasteiger charge is -1.96. The molecule has 0 spiro atoms. The summed E-state index contributed by atoms with van der Waals surface area (Å²) in [4.78, 5) is 9.38. The van der Waals surface area contributed by atoms with Gasteiger partial charge in [0.05, 0.1) is 9.95 Å². The third-order valence-corrected chi connectivity index (χ3v) is 2.38. The second-order valence-electron chi connectivity index (χ2n) is 1.97. The van der Waals surface area contributed by atoms with Gasteiger partial charge in [0.25, 0.3) is 0 Å². The highest BCUT2D eigenvalue weighted by atomic mass is 79.9. The van der Waals surface area contributed by atoms with Crippen LogP contribution < -0.4 is 0 Å². The zero-order valence-electron chi connectivity index (χ0n) is 5.55. The molecule has 0 radical (unpaired) electrons. The van der Waals surface area contributed by atoms with Crippen molar-refractivity contribution in [1.82, 2.24) is 0 Å². The fourth-order valence-corrected chi connectivity index (χ4v) is 1.13. The number of halogens is 3. The molecule has 6 heteroatoms. The number of nitro benzene ring substituents is 1. The summed E-state index contributed by atoms with van der Waals surface area (Å²) >= 11 is 8.43. The molecule has 12 heavy (non-hydrogen) atoms. The Hall–Kier alpha value is -0.680. The smallest absolute Gasteiger partial charge is 0.258 e. The van der Waals surface area contributed by atoms with Crippen LogP contribution >= 0.6 is 27.5 Å². The highest BCUT2D eigenvalue weighted by Crippen LogP contribution is 2.29. The van der Waals surface area contributed by atoms with Gasteiger partial charge >= 0.3 is 5.69 Å². The minimum atomic E-state index is -0.937. The van der Waals surface area contributed by atoms with Crippen molar-refractivity contribution in [2.24, 2.45) is 0 Å². The summed E-state index contributed by atoms with van der Waals surface area (Å²) in [6.45, 7) is 0. The summed E-state index contributed by atoms with van der Waals surface area (Å²) in [5.41, 5.74) is -0.591. The van der Waals surface area contributed by atoms with Crippen molar-refractivity contribution in [1.29, 1.82) is 0 Å². The van der Waals surface area contributed by atoms with Crippen LogP contribution in [0, 0.1) is 15.9 Å². The Kier molecular flexibility index (Phi) is 2.64. The molecule has 0 amide bonds. The van der Waals surface area contributed by atoms with Crippen LogP contribution in [0.15, 0.2) is 16.6 Å². The Bertz CT molecular complexity index is 345. The Morgan fingerprint density at radius 2 is 2.17 bits per heavy atom. The summed E-state index contributed by atoms with van der Waals surface area (Å²) < 4.78 is 13.0. The zero-order valence-corrected chi connectivity index (χ0v) is 7.89. The molecule has 0 fully saturated rings. The Morgan fingerprint density at radius 3 is 2.67 bits per heavy atom. The van der Waals surface area contributed by atoms with Gasteiger partial charge in [-0.1, -0.05) is 11.6 Å². The molecule has 0 aromatic heterocycles. The van der Waals surface area contributed by atoms with E-state index in [1.165, 1.54) is 0 Å². The monoisotopic (exact) mass is 253 g/mol.